The summed E-state index contributed by atoms with van der Waals surface area (Å²) in [6.45, 7) is 0. The number of ether oxygens (including phenoxy) is 1. The van der Waals surface area contributed by atoms with Crippen molar-refractivity contribution in [2.45, 2.75) is 0 Å². The zero-order valence-electron chi connectivity index (χ0n) is 12.8. The third-order valence-electron chi connectivity index (χ3n) is 3.55. The summed E-state index contributed by atoms with van der Waals surface area (Å²) in [4.78, 5) is 0. The zero-order valence-corrected chi connectivity index (χ0v) is 13.6. The fraction of sp³-hybridized carbons (Fsp3) is 0.0500. The molecule has 23 heavy (non-hydrogen) atoms. The van der Waals surface area contributed by atoms with E-state index in [9.17, 15) is 0 Å². The maximum atomic E-state index is 6.74. The monoisotopic (exact) mass is 322 g/mol. The van der Waals surface area contributed by atoms with Crippen LogP contribution >= 0.6 is 11.6 Å². The number of hydrogen-bond donors (Lipinski definition) is 0. The Hall–Kier alpha value is -2.58. The van der Waals surface area contributed by atoms with E-state index in [1.165, 1.54) is 0 Å². The number of nitrogens with zero attached hydrogens (tertiary/aromatic N) is 1. The van der Waals surface area contributed by atoms with Gasteiger partial charge in [0.25, 0.3) is 5.17 Å². The Morgan fingerprint density at radius 2 is 1.22 bits per heavy atom. The number of para-hydroxylation sites is 2. The van der Waals surface area contributed by atoms with Crippen LogP contribution < -0.4 is 9.31 Å². The van der Waals surface area contributed by atoms with Gasteiger partial charge in [-0.1, -0.05) is 36.4 Å². The number of hydrogen-bond acceptors (Lipinski definition) is 1. The van der Waals surface area contributed by atoms with Gasteiger partial charge in [0.2, 0.25) is 11.4 Å². The normalized spacial score (nSPS) is 10.2. The van der Waals surface area contributed by atoms with Crippen LogP contribution in [0.15, 0.2) is 84.9 Å². The van der Waals surface area contributed by atoms with Crippen molar-refractivity contribution in [2.75, 3.05) is 7.11 Å². The summed E-state index contributed by atoms with van der Waals surface area (Å²) in [6, 6.07) is 27.9. The quantitative estimate of drug-likeness (QED) is 0.474. The van der Waals surface area contributed by atoms with Crippen LogP contribution in [0.5, 0.6) is 5.75 Å². The first-order chi connectivity index (χ1) is 11.3. The first-order valence-corrected chi connectivity index (χ1v) is 7.74. The number of rotatable bonds is 4. The van der Waals surface area contributed by atoms with Crippen LogP contribution in [0.2, 0.25) is 0 Å². The molecule has 0 spiro atoms. The average Bonchev–Trinajstić information content (AvgIpc) is 2.64. The lowest BCUT2D eigenvalue weighted by Crippen LogP contribution is -2.13. The van der Waals surface area contributed by atoms with Crippen LogP contribution in [0.3, 0.4) is 0 Å². The molecule has 0 aliphatic rings. The van der Waals surface area contributed by atoms with Crippen molar-refractivity contribution in [3.05, 3.63) is 90.5 Å². The van der Waals surface area contributed by atoms with Gasteiger partial charge in [-0.2, -0.15) is 0 Å². The van der Waals surface area contributed by atoms with Crippen molar-refractivity contribution in [1.29, 1.82) is 0 Å². The highest BCUT2D eigenvalue weighted by Gasteiger charge is 2.20. The van der Waals surface area contributed by atoms with Crippen molar-refractivity contribution in [3.8, 4) is 5.75 Å². The van der Waals surface area contributed by atoms with Crippen LogP contribution in [0, 0.1) is 0 Å². The fourth-order valence-electron chi connectivity index (χ4n) is 2.39. The minimum atomic E-state index is 0.644. The molecule has 0 heterocycles. The van der Waals surface area contributed by atoms with E-state index in [-0.39, 0.29) is 0 Å². The molecule has 0 saturated heterocycles. The second-order valence-electron chi connectivity index (χ2n) is 5.03. The Balaban J connectivity index is 2.16. The molecule has 3 aromatic rings. The molecule has 0 fully saturated rings. The summed E-state index contributed by atoms with van der Waals surface area (Å²) < 4.78 is 7.24. The standard InChI is InChI=1S/C20H17ClNO/c1-23-19-14-12-16(13-15-19)20(21)22(17-8-4-2-5-9-17)18-10-6-3-7-11-18/h2-15H,1H3/q+1. The molecule has 114 valence electrons. The molecule has 0 N–H and O–H groups in total. The first-order valence-electron chi connectivity index (χ1n) is 7.36. The summed E-state index contributed by atoms with van der Waals surface area (Å²) in [5.74, 6) is 0.809. The molecule has 0 bridgehead atoms. The van der Waals surface area contributed by atoms with E-state index in [4.69, 9.17) is 16.3 Å². The van der Waals surface area contributed by atoms with E-state index < -0.39 is 0 Å². The average molecular weight is 323 g/mol. The predicted molar refractivity (Wildman–Crippen MR) is 97.3 cm³/mol. The Bertz CT molecular complexity index is 755. The molecule has 0 radical (unpaired) electrons. The van der Waals surface area contributed by atoms with Gasteiger partial charge in [0.15, 0.2) is 0 Å². The van der Waals surface area contributed by atoms with Gasteiger partial charge < -0.3 is 4.74 Å². The lowest BCUT2D eigenvalue weighted by molar-refractivity contribution is 0.415. The molecule has 3 rings (SSSR count). The van der Waals surface area contributed by atoms with Crippen LogP contribution in [0.1, 0.15) is 5.56 Å². The topological polar surface area (TPSA) is 12.2 Å². The van der Waals surface area contributed by atoms with Crippen molar-refractivity contribution in [1.82, 2.24) is 4.58 Å². The summed E-state index contributed by atoms with van der Waals surface area (Å²) in [7, 11) is 1.65. The van der Waals surface area contributed by atoms with E-state index in [1.54, 1.807) is 7.11 Å². The molecule has 0 aliphatic carbocycles. The SMILES string of the molecule is COc1ccc(C(Cl)=[N+](c2ccccc2)c2ccccc2)cc1. The number of halogens is 1. The molecule has 0 saturated carbocycles. The highest BCUT2D eigenvalue weighted by molar-refractivity contribution is 6.70. The fourth-order valence-corrected chi connectivity index (χ4v) is 2.71. The Morgan fingerprint density at radius 3 is 1.65 bits per heavy atom. The molecule has 0 atom stereocenters. The highest BCUT2D eigenvalue weighted by Crippen LogP contribution is 2.23. The van der Waals surface area contributed by atoms with Gasteiger partial charge in [-0.25, -0.2) is 0 Å². The van der Waals surface area contributed by atoms with Gasteiger partial charge in [0.05, 0.1) is 12.7 Å². The number of methoxy groups -OCH3 is 1. The molecule has 0 unspecified atom stereocenters. The Labute approximate surface area is 141 Å². The molecule has 0 amide bonds. The maximum absolute atomic E-state index is 6.74. The van der Waals surface area contributed by atoms with Crippen LogP contribution in [-0.4, -0.2) is 12.3 Å². The molecule has 3 aromatic carbocycles. The molecular formula is C20H17ClNO+. The number of benzene rings is 3. The van der Waals surface area contributed by atoms with E-state index >= 15 is 0 Å². The van der Waals surface area contributed by atoms with Gasteiger partial charge in [0.1, 0.15) is 5.75 Å². The van der Waals surface area contributed by atoms with E-state index in [0.717, 1.165) is 22.7 Å². The minimum absolute atomic E-state index is 0.644. The van der Waals surface area contributed by atoms with Crippen molar-refractivity contribution >= 4 is 28.1 Å². The first kappa shape index (κ1) is 15.3. The molecule has 0 aromatic heterocycles. The van der Waals surface area contributed by atoms with Gasteiger partial charge in [-0.15, -0.1) is 4.58 Å². The molecule has 3 heteroatoms. The maximum Gasteiger partial charge on any atom is 0.288 e. The second kappa shape index (κ2) is 7.12. The Morgan fingerprint density at radius 1 is 0.739 bits per heavy atom. The largest absolute Gasteiger partial charge is 0.497 e. The van der Waals surface area contributed by atoms with Crippen molar-refractivity contribution in [2.24, 2.45) is 0 Å². The second-order valence-corrected chi connectivity index (χ2v) is 5.38. The van der Waals surface area contributed by atoms with Gasteiger partial charge in [-0.05, 0) is 35.9 Å². The summed E-state index contributed by atoms with van der Waals surface area (Å²) in [5.41, 5.74) is 2.96. The minimum Gasteiger partial charge on any atom is -0.497 e. The smallest absolute Gasteiger partial charge is 0.288 e. The van der Waals surface area contributed by atoms with Crippen LogP contribution in [0.25, 0.3) is 0 Å². The lowest BCUT2D eigenvalue weighted by atomic mass is 10.2. The Kier molecular flexibility index (Phi) is 4.74. The van der Waals surface area contributed by atoms with Gasteiger partial charge in [0, 0.05) is 24.3 Å². The highest BCUT2D eigenvalue weighted by atomic mass is 35.5. The van der Waals surface area contributed by atoms with Crippen molar-refractivity contribution in [3.63, 3.8) is 0 Å². The van der Waals surface area contributed by atoms with Gasteiger partial charge >= 0.3 is 0 Å². The molecule has 2 nitrogen and oxygen atoms in total. The third-order valence-corrected chi connectivity index (χ3v) is 3.94. The summed E-state index contributed by atoms with van der Waals surface area (Å²) in [5, 5.41) is 0.644. The van der Waals surface area contributed by atoms with Crippen LogP contribution in [0.4, 0.5) is 11.4 Å². The molecular weight excluding hydrogens is 306 g/mol. The van der Waals surface area contributed by atoms with Gasteiger partial charge in [-0.3, -0.25) is 0 Å². The molecule has 0 aliphatic heterocycles. The van der Waals surface area contributed by atoms with Crippen molar-refractivity contribution < 1.29 is 4.74 Å². The summed E-state index contributed by atoms with van der Waals surface area (Å²) in [6.07, 6.45) is 0. The van der Waals surface area contributed by atoms with E-state index in [1.807, 2.05) is 89.5 Å². The van der Waals surface area contributed by atoms with E-state index in [2.05, 4.69) is 0 Å². The summed E-state index contributed by atoms with van der Waals surface area (Å²) >= 11 is 6.74. The third kappa shape index (κ3) is 3.43. The van der Waals surface area contributed by atoms with E-state index in [0.29, 0.717) is 5.17 Å². The zero-order chi connectivity index (χ0) is 16.1. The lowest BCUT2D eigenvalue weighted by Gasteiger charge is -2.06. The predicted octanol–water partition coefficient (Wildman–Crippen LogP) is 5.22. The van der Waals surface area contributed by atoms with Crippen LogP contribution in [-0.2, 0) is 0 Å².